The summed E-state index contributed by atoms with van der Waals surface area (Å²) in [6, 6.07) is 0. The van der Waals surface area contributed by atoms with Gasteiger partial charge in [0.15, 0.2) is 0 Å². The molecule has 2 fully saturated rings. The number of ether oxygens (including phenoxy) is 1. The molecule has 2 aliphatic rings. The Balaban J connectivity index is 1.77. The van der Waals surface area contributed by atoms with Gasteiger partial charge in [-0.25, -0.2) is 0 Å². The molecule has 3 heteroatoms. The summed E-state index contributed by atoms with van der Waals surface area (Å²) in [5.74, 6) is 1.93. The van der Waals surface area contributed by atoms with E-state index in [-0.39, 0.29) is 0 Å². The second-order valence-electron chi connectivity index (χ2n) is 6.28. The summed E-state index contributed by atoms with van der Waals surface area (Å²) in [4.78, 5) is 0. The van der Waals surface area contributed by atoms with Gasteiger partial charge in [-0.05, 0) is 49.9 Å². The van der Waals surface area contributed by atoms with Gasteiger partial charge >= 0.3 is 0 Å². The van der Waals surface area contributed by atoms with Gasteiger partial charge in [0.25, 0.3) is 0 Å². The van der Waals surface area contributed by atoms with Crippen LogP contribution in [0.1, 0.15) is 46.0 Å². The van der Waals surface area contributed by atoms with Crippen molar-refractivity contribution in [2.24, 2.45) is 23.5 Å². The van der Waals surface area contributed by atoms with Crippen molar-refractivity contribution >= 4 is 0 Å². The summed E-state index contributed by atoms with van der Waals surface area (Å²) in [6.07, 6.45) is 6.06. The molecule has 4 unspecified atom stereocenters. The van der Waals surface area contributed by atoms with E-state index in [0.29, 0.717) is 25.2 Å². The van der Waals surface area contributed by atoms with Crippen molar-refractivity contribution in [3.05, 3.63) is 0 Å². The Hall–Kier alpha value is -0.120. The van der Waals surface area contributed by atoms with Crippen LogP contribution < -0.4 is 5.73 Å². The Bertz CT molecular complexity index is 255. The predicted octanol–water partition coefficient (Wildman–Crippen LogP) is 1.93. The Morgan fingerprint density at radius 2 is 1.88 bits per heavy atom. The number of hydrogen-bond acceptors (Lipinski definition) is 3. The lowest BCUT2D eigenvalue weighted by Crippen LogP contribution is -2.46. The highest BCUT2D eigenvalue weighted by molar-refractivity contribution is 4.95. The van der Waals surface area contributed by atoms with Gasteiger partial charge in [0.1, 0.15) is 5.60 Å². The lowest BCUT2D eigenvalue weighted by atomic mass is 9.80. The number of rotatable bonds is 5. The van der Waals surface area contributed by atoms with Crippen molar-refractivity contribution in [1.82, 2.24) is 0 Å². The van der Waals surface area contributed by atoms with Gasteiger partial charge in [0.2, 0.25) is 0 Å². The molecule has 0 spiro atoms. The van der Waals surface area contributed by atoms with E-state index in [2.05, 4.69) is 13.8 Å². The third kappa shape index (κ3) is 3.21. The fraction of sp³-hybridized carbons (Fsp3) is 1.00. The van der Waals surface area contributed by atoms with E-state index >= 15 is 0 Å². The molecule has 0 saturated heterocycles. The molecule has 2 aliphatic carbocycles. The molecule has 0 heterocycles. The molecule has 0 radical (unpaired) electrons. The summed E-state index contributed by atoms with van der Waals surface area (Å²) < 4.78 is 5.93. The molecule has 0 bridgehead atoms. The molecule has 0 amide bonds. The Labute approximate surface area is 105 Å². The van der Waals surface area contributed by atoms with E-state index in [1.165, 1.54) is 6.42 Å². The van der Waals surface area contributed by atoms with Crippen LogP contribution in [0.5, 0.6) is 0 Å². The van der Waals surface area contributed by atoms with Crippen molar-refractivity contribution in [3.8, 4) is 0 Å². The zero-order valence-corrected chi connectivity index (χ0v) is 11.2. The van der Waals surface area contributed by atoms with Crippen molar-refractivity contribution in [2.75, 3.05) is 13.2 Å². The summed E-state index contributed by atoms with van der Waals surface area (Å²) in [7, 11) is 0. The molecule has 4 atom stereocenters. The van der Waals surface area contributed by atoms with E-state index in [4.69, 9.17) is 10.5 Å². The Kier molecular flexibility index (Phi) is 4.11. The Morgan fingerprint density at radius 1 is 1.18 bits per heavy atom. The lowest BCUT2D eigenvalue weighted by molar-refractivity contribution is -0.0943. The van der Waals surface area contributed by atoms with Crippen molar-refractivity contribution < 1.29 is 9.84 Å². The van der Waals surface area contributed by atoms with Crippen molar-refractivity contribution in [3.63, 3.8) is 0 Å². The van der Waals surface area contributed by atoms with Crippen molar-refractivity contribution in [1.29, 1.82) is 0 Å². The molecule has 2 rings (SSSR count). The molecule has 17 heavy (non-hydrogen) atoms. The fourth-order valence-electron chi connectivity index (χ4n) is 2.88. The van der Waals surface area contributed by atoms with Gasteiger partial charge < -0.3 is 15.6 Å². The smallest absolute Gasteiger partial charge is 0.103 e. The van der Waals surface area contributed by atoms with Gasteiger partial charge in [0, 0.05) is 6.54 Å². The summed E-state index contributed by atoms with van der Waals surface area (Å²) >= 11 is 0. The standard InChI is InChI=1S/C14H27NO2/c1-10-3-6-13(7-11(10)2)17-9-14(16,8-15)12-4-5-12/h10-13,16H,3-9,15H2,1-2H3. The second kappa shape index (κ2) is 5.25. The monoisotopic (exact) mass is 241 g/mol. The highest BCUT2D eigenvalue weighted by atomic mass is 16.5. The molecule has 3 nitrogen and oxygen atoms in total. The molecular weight excluding hydrogens is 214 g/mol. The van der Waals surface area contributed by atoms with Crippen LogP contribution in [0.25, 0.3) is 0 Å². The minimum absolute atomic E-state index is 0.330. The van der Waals surface area contributed by atoms with Gasteiger partial charge in [0.05, 0.1) is 12.7 Å². The van der Waals surface area contributed by atoms with Crippen LogP contribution >= 0.6 is 0 Å². The fourth-order valence-corrected chi connectivity index (χ4v) is 2.88. The van der Waals surface area contributed by atoms with E-state index in [1.54, 1.807) is 0 Å². The lowest BCUT2D eigenvalue weighted by Gasteiger charge is -2.34. The highest BCUT2D eigenvalue weighted by Gasteiger charge is 2.43. The topological polar surface area (TPSA) is 55.5 Å². The van der Waals surface area contributed by atoms with Crippen LogP contribution in [0.4, 0.5) is 0 Å². The first-order chi connectivity index (χ1) is 8.05. The molecule has 0 aromatic carbocycles. The zero-order valence-electron chi connectivity index (χ0n) is 11.2. The normalized spacial score (nSPS) is 37.8. The third-order valence-electron chi connectivity index (χ3n) is 4.81. The minimum Gasteiger partial charge on any atom is -0.386 e. The average molecular weight is 241 g/mol. The maximum Gasteiger partial charge on any atom is 0.103 e. The first kappa shape index (κ1) is 13.3. The molecule has 0 aliphatic heterocycles. The SMILES string of the molecule is CC1CCC(OCC(O)(CN)C2CC2)CC1C. The van der Waals surface area contributed by atoms with Gasteiger partial charge in [-0.2, -0.15) is 0 Å². The molecule has 0 aromatic rings. The second-order valence-corrected chi connectivity index (χ2v) is 6.28. The first-order valence-corrected chi connectivity index (χ1v) is 7.09. The van der Waals surface area contributed by atoms with E-state index < -0.39 is 5.60 Å². The summed E-state index contributed by atoms with van der Waals surface area (Å²) in [6.45, 7) is 5.38. The van der Waals surface area contributed by atoms with Crippen LogP contribution in [-0.2, 0) is 4.74 Å². The van der Waals surface area contributed by atoms with E-state index in [9.17, 15) is 5.11 Å². The van der Waals surface area contributed by atoms with Crippen LogP contribution in [0.2, 0.25) is 0 Å². The molecule has 3 N–H and O–H groups in total. The average Bonchev–Trinajstić information content (AvgIpc) is 3.14. The molecule has 0 aromatic heterocycles. The van der Waals surface area contributed by atoms with Crippen LogP contribution in [0, 0.1) is 17.8 Å². The van der Waals surface area contributed by atoms with Gasteiger partial charge in [-0.1, -0.05) is 13.8 Å². The third-order valence-corrected chi connectivity index (χ3v) is 4.81. The number of nitrogens with two attached hydrogens (primary N) is 1. The van der Waals surface area contributed by atoms with Crippen LogP contribution in [0.15, 0.2) is 0 Å². The molecule has 100 valence electrons. The largest absolute Gasteiger partial charge is 0.386 e. The summed E-state index contributed by atoms with van der Waals surface area (Å²) in [5.41, 5.74) is 4.93. The maximum absolute atomic E-state index is 10.4. The summed E-state index contributed by atoms with van der Waals surface area (Å²) in [5, 5.41) is 10.4. The minimum atomic E-state index is -0.758. The maximum atomic E-state index is 10.4. The quantitative estimate of drug-likeness (QED) is 0.773. The number of hydrogen-bond donors (Lipinski definition) is 2. The van der Waals surface area contributed by atoms with E-state index in [1.807, 2.05) is 0 Å². The Morgan fingerprint density at radius 3 is 2.41 bits per heavy atom. The highest BCUT2D eigenvalue weighted by Crippen LogP contribution is 2.40. The van der Waals surface area contributed by atoms with Gasteiger partial charge in [-0.3, -0.25) is 0 Å². The first-order valence-electron chi connectivity index (χ1n) is 7.09. The number of aliphatic hydroxyl groups is 1. The van der Waals surface area contributed by atoms with Gasteiger partial charge in [-0.15, -0.1) is 0 Å². The predicted molar refractivity (Wildman–Crippen MR) is 68.6 cm³/mol. The van der Waals surface area contributed by atoms with Crippen LogP contribution in [-0.4, -0.2) is 30.0 Å². The van der Waals surface area contributed by atoms with Crippen LogP contribution in [0.3, 0.4) is 0 Å². The molecule has 2 saturated carbocycles. The zero-order chi connectivity index (χ0) is 12.5. The van der Waals surface area contributed by atoms with Crippen molar-refractivity contribution in [2.45, 2.75) is 57.7 Å². The van der Waals surface area contributed by atoms with E-state index in [0.717, 1.165) is 37.5 Å². The molecular formula is C14H27NO2.